The molecule has 2 rings (SSSR count). The molecule has 1 heterocycles. The summed E-state index contributed by atoms with van der Waals surface area (Å²) in [6, 6.07) is 0.709. The summed E-state index contributed by atoms with van der Waals surface area (Å²) in [6.07, 6.45) is 8.71. The van der Waals surface area contributed by atoms with E-state index < -0.39 is 0 Å². The van der Waals surface area contributed by atoms with Crippen molar-refractivity contribution >= 4 is 0 Å². The van der Waals surface area contributed by atoms with Crippen LogP contribution in [0.1, 0.15) is 52.4 Å². The molecular formula is C14H27NO. The molecule has 1 saturated heterocycles. The van der Waals surface area contributed by atoms with Crippen molar-refractivity contribution in [3.63, 3.8) is 0 Å². The van der Waals surface area contributed by atoms with Gasteiger partial charge in [0.05, 0.1) is 6.10 Å². The summed E-state index contributed by atoms with van der Waals surface area (Å²) in [6.45, 7) is 6.70. The number of hydrogen-bond donors (Lipinski definition) is 1. The Hall–Kier alpha value is -0.0800. The lowest BCUT2D eigenvalue weighted by Crippen LogP contribution is -2.41. The van der Waals surface area contributed by atoms with Crippen LogP contribution >= 0.6 is 0 Å². The average Bonchev–Trinajstić information content (AvgIpc) is 2.22. The van der Waals surface area contributed by atoms with E-state index in [9.17, 15) is 0 Å². The summed E-state index contributed by atoms with van der Waals surface area (Å²) in [4.78, 5) is 0. The van der Waals surface area contributed by atoms with Gasteiger partial charge in [0.15, 0.2) is 0 Å². The van der Waals surface area contributed by atoms with Crippen LogP contribution in [-0.2, 0) is 4.74 Å². The molecular weight excluding hydrogens is 198 g/mol. The van der Waals surface area contributed by atoms with Crippen molar-refractivity contribution in [1.82, 2.24) is 5.32 Å². The molecule has 0 bridgehead atoms. The lowest BCUT2D eigenvalue weighted by Gasteiger charge is -2.33. The third-order valence-corrected chi connectivity index (χ3v) is 4.27. The molecule has 2 fully saturated rings. The van der Waals surface area contributed by atoms with Gasteiger partial charge < -0.3 is 10.1 Å². The fraction of sp³-hybridized carbons (Fsp3) is 1.00. The number of ether oxygens (including phenoxy) is 1. The van der Waals surface area contributed by atoms with Crippen LogP contribution < -0.4 is 5.32 Å². The molecule has 94 valence electrons. The van der Waals surface area contributed by atoms with Gasteiger partial charge in [-0.3, -0.25) is 0 Å². The van der Waals surface area contributed by atoms with Gasteiger partial charge in [-0.05, 0) is 37.6 Å². The van der Waals surface area contributed by atoms with Crippen LogP contribution in [0.25, 0.3) is 0 Å². The molecule has 2 aliphatic rings. The van der Waals surface area contributed by atoms with Gasteiger partial charge in [0.2, 0.25) is 0 Å². The lowest BCUT2D eigenvalue weighted by atomic mass is 9.83. The molecule has 0 aromatic heterocycles. The summed E-state index contributed by atoms with van der Waals surface area (Å²) in [7, 11) is 0. The SMILES string of the molecule is CC(C)C1CC(NCCC2CCC2)CCO1. The first kappa shape index (κ1) is 12.4. The van der Waals surface area contributed by atoms with Crippen LogP contribution in [0.5, 0.6) is 0 Å². The van der Waals surface area contributed by atoms with Crippen LogP contribution in [0.3, 0.4) is 0 Å². The van der Waals surface area contributed by atoms with Gasteiger partial charge in [0, 0.05) is 12.6 Å². The van der Waals surface area contributed by atoms with Gasteiger partial charge in [-0.1, -0.05) is 33.1 Å². The molecule has 0 aromatic carbocycles. The summed E-state index contributed by atoms with van der Waals surface area (Å²) in [5.41, 5.74) is 0. The molecule has 1 N–H and O–H groups in total. The molecule has 0 radical (unpaired) electrons. The zero-order valence-electron chi connectivity index (χ0n) is 10.9. The van der Waals surface area contributed by atoms with E-state index in [1.165, 1.54) is 45.1 Å². The molecule has 0 spiro atoms. The number of nitrogens with one attached hydrogen (secondary N) is 1. The third kappa shape index (κ3) is 3.46. The standard InChI is InChI=1S/C14H27NO/c1-11(2)14-10-13(7-9-16-14)15-8-6-12-4-3-5-12/h11-15H,3-10H2,1-2H3. The van der Waals surface area contributed by atoms with E-state index in [1.54, 1.807) is 0 Å². The van der Waals surface area contributed by atoms with E-state index in [0.29, 0.717) is 18.1 Å². The zero-order valence-corrected chi connectivity index (χ0v) is 10.9. The first-order valence-electron chi connectivity index (χ1n) is 7.10. The second kappa shape index (κ2) is 6.02. The molecule has 1 aliphatic carbocycles. The molecule has 16 heavy (non-hydrogen) atoms. The molecule has 2 atom stereocenters. The fourth-order valence-corrected chi connectivity index (χ4v) is 2.75. The maximum Gasteiger partial charge on any atom is 0.0612 e. The Kier molecular flexibility index (Phi) is 4.66. The third-order valence-electron chi connectivity index (χ3n) is 4.27. The van der Waals surface area contributed by atoms with Crippen LogP contribution in [0.4, 0.5) is 0 Å². The average molecular weight is 225 g/mol. The predicted molar refractivity (Wildman–Crippen MR) is 67.6 cm³/mol. The van der Waals surface area contributed by atoms with Crippen molar-refractivity contribution in [1.29, 1.82) is 0 Å². The molecule has 1 aliphatic heterocycles. The summed E-state index contributed by atoms with van der Waals surface area (Å²) in [5, 5.41) is 3.73. The van der Waals surface area contributed by atoms with E-state index in [2.05, 4.69) is 19.2 Å². The Morgan fingerprint density at radius 1 is 1.25 bits per heavy atom. The highest BCUT2D eigenvalue weighted by Crippen LogP contribution is 2.29. The minimum absolute atomic E-state index is 0.481. The summed E-state index contributed by atoms with van der Waals surface area (Å²) >= 11 is 0. The van der Waals surface area contributed by atoms with Crippen molar-refractivity contribution in [2.24, 2.45) is 11.8 Å². The van der Waals surface area contributed by atoms with Crippen molar-refractivity contribution in [2.75, 3.05) is 13.2 Å². The molecule has 2 heteroatoms. The first-order valence-corrected chi connectivity index (χ1v) is 7.10. The second-order valence-electron chi connectivity index (χ2n) is 5.91. The lowest BCUT2D eigenvalue weighted by molar-refractivity contribution is -0.0245. The second-order valence-corrected chi connectivity index (χ2v) is 5.91. The first-order chi connectivity index (χ1) is 7.75. The Labute approximate surface area is 100 Å². The molecule has 0 aromatic rings. The van der Waals surface area contributed by atoms with Crippen LogP contribution in [-0.4, -0.2) is 25.3 Å². The predicted octanol–water partition coefficient (Wildman–Crippen LogP) is 2.97. The van der Waals surface area contributed by atoms with Crippen molar-refractivity contribution in [2.45, 2.75) is 64.5 Å². The largest absolute Gasteiger partial charge is 0.378 e. The topological polar surface area (TPSA) is 21.3 Å². The summed E-state index contributed by atoms with van der Waals surface area (Å²) < 4.78 is 5.79. The van der Waals surface area contributed by atoms with Crippen molar-refractivity contribution < 1.29 is 4.74 Å². The normalized spacial score (nSPS) is 31.7. The summed E-state index contributed by atoms with van der Waals surface area (Å²) in [5.74, 6) is 1.70. The fourth-order valence-electron chi connectivity index (χ4n) is 2.75. The van der Waals surface area contributed by atoms with Crippen molar-refractivity contribution in [3.05, 3.63) is 0 Å². The maximum atomic E-state index is 5.79. The smallest absolute Gasteiger partial charge is 0.0612 e. The molecule has 2 nitrogen and oxygen atoms in total. The van der Waals surface area contributed by atoms with Crippen LogP contribution in [0, 0.1) is 11.8 Å². The monoisotopic (exact) mass is 225 g/mol. The Morgan fingerprint density at radius 3 is 2.69 bits per heavy atom. The number of hydrogen-bond acceptors (Lipinski definition) is 2. The highest BCUT2D eigenvalue weighted by molar-refractivity contribution is 4.79. The Bertz CT molecular complexity index is 201. The van der Waals surface area contributed by atoms with Gasteiger partial charge >= 0.3 is 0 Å². The van der Waals surface area contributed by atoms with Crippen LogP contribution in [0.15, 0.2) is 0 Å². The molecule has 0 amide bonds. The Morgan fingerprint density at radius 2 is 2.06 bits per heavy atom. The van der Waals surface area contributed by atoms with E-state index in [-0.39, 0.29) is 0 Å². The minimum atomic E-state index is 0.481. The van der Waals surface area contributed by atoms with Crippen molar-refractivity contribution in [3.8, 4) is 0 Å². The molecule has 2 unspecified atom stereocenters. The van der Waals surface area contributed by atoms with Gasteiger partial charge in [-0.2, -0.15) is 0 Å². The maximum absolute atomic E-state index is 5.79. The zero-order chi connectivity index (χ0) is 11.4. The van der Waals surface area contributed by atoms with Gasteiger partial charge in [-0.25, -0.2) is 0 Å². The van der Waals surface area contributed by atoms with Gasteiger partial charge in [-0.15, -0.1) is 0 Å². The van der Waals surface area contributed by atoms with E-state index in [1.807, 2.05) is 0 Å². The van der Waals surface area contributed by atoms with Gasteiger partial charge in [0.1, 0.15) is 0 Å². The van der Waals surface area contributed by atoms with Crippen LogP contribution in [0.2, 0.25) is 0 Å². The Balaban J connectivity index is 1.60. The highest BCUT2D eigenvalue weighted by Gasteiger charge is 2.24. The quantitative estimate of drug-likeness (QED) is 0.776. The van der Waals surface area contributed by atoms with Gasteiger partial charge in [0.25, 0.3) is 0 Å². The van der Waals surface area contributed by atoms with E-state index >= 15 is 0 Å². The minimum Gasteiger partial charge on any atom is -0.378 e. The molecule has 1 saturated carbocycles. The van der Waals surface area contributed by atoms with E-state index in [0.717, 1.165) is 12.5 Å². The van der Waals surface area contributed by atoms with E-state index in [4.69, 9.17) is 4.74 Å². The number of rotatable bonds is 5. The highest BCUT2D eigenvalue weighted by atomic mass is 16.5.